The molecule has 0 aromatic heterocycles. The first-order valence-corrected chi connectivity index (χ1v) is 6.71. The molecular weight excluding hydrogens is 261 g/mol. The molecule has 20 heavy (non-hydrogen) atoms. The molecule has 0 saturated carbocycles. The van der Waals surface area contributed by atoms with Gasteiger partial charge in [0.25, 0.3) is 0 Å². The Bertz CT molecular complexity index is 504. The van der Waals surface area contributed by atoms with E-state index in [-0.39, 0.29) is 30.0 Å². The molecule has 1 atom stereocenters. The molecule has 1 aromatic rings. The molecule has 1 aliphatic rings. The summed E-state index contributed by atoms with van der Waals surface area (Å²) in [6.45, 7) is 0.973. The number of benzene rings is 1. The molecule has 1 fully saturated rings. The fourth-order valence-corrected chi connectivity index (χ4v) is 2.48. The highest BCUT2D eigenvalue weighted by atomic mass is 19.1. The van der Waals surface area contributed by atoms with Gasteiger partial charge in [-0.15, -0.1) is 0 Å². The average molecular weight is 279 g/mol. The Balaban J connectivity index is 1.99. The first-order valence-electron chi connectivity index (χ1n) is 6.71. The zero-order valence-electron chi connectivity index (χ0n) is 11.5. The second-order valence-corrected chi connectivity index (χ2v) is 4.97. The van der Waals surface area contributed by atoms with Gasteiger partial charge in [0.1, 0.15) is 5.82 Å². The maximum absolute atomic E-state index is 13.5. The van der Waals surface area contributed by atoms with Crippen molar-refractivity contribution in [2.45, 2.75) is 19.3 Å². The van der Waals surface area contributed by atoms with Crippen LogP contribution in [-0.2, 0) is 20.7 Å². The molecule has 0 bridgehead atoms. The van der Waals surface area contributed by atoms with Gasteiger partial charge in [0.2, 0.25) is 5.91 Å². The molecule has 108 valence electrons. The van der Waals surface area contributed by atoms with Crippen LogP contribution >= 0.6 is 0 Å². The van der Waals surface area contributed by atoms with E-state index >= 15 is 0 Å². The van der Waals surface area contributed by atoms with E-state index < -0.39 is 0 Å². The summed E-state index contributed by atoms with van der Waals surface area (Å²) in [6, 6.07) is 6.25. The molecule has 0 radical (unpaired) electrons. The largest absolute Gasteiger partial charge is 0.469 e. The Hall–Kier alpha value is -1.91. The van der Waals surface area contributed by atoms with Gasteiger partial charge in [-0.25, -0.2) is 4.39 Å². The van der Waals surface area contributed by atoms with E-state index in [1.807, 2.05) is 0 Å². The van der Waals surface area contributed by atoms with E-state index in [0.717, 1.165) is 12.8 Å². The van der Waals surface area contributed by atoms with Crippen molar-refractivity contribution in [1.29, 1.82) is 0 Å². The summed E-state index contributed by atoms with van der Waals surface area (Å²) >= 11 is 0. The smallest absolute Gasteiger partial charge is 0.310 e. The number of rotatable bonds is 3. The van der Waals surface area contributed by atoms with E-state index in [9.17, 15) is 14.0 Å². The number of hydrogen-bond acceptors (Lipinski definition) is 3. The molecule has 0 N–H and O–H groups in total. The van der Waals surface area contributed by atoms with E-state index in [4.69, 9.17) is 4.74 Å². The van der Waals surface area contributed by atoms with Crippen LogP contribution in [0.4, 0.5) is 4.39 Å². The number of amides is 1. The third-order valence-corrected chi connectivity index (χ3v) is 3.61. The van der Waals surface area contributed by atoms with Crippen LogP contribution < -0.4 is 0 Å². The van der Waals surface area contributed by atoms with Crippen LogP contribution in [0.2, 0.25) is 0 Å². The van der Waals surface area contributed by atoms with Crippen molar-refractivity contribution in [1.82, 2.24) is 4.90 Å². The van der Waals surface area contributed by atoms with Crippen LogP contribution in [0.3, 0.4) is 0 Å². The highest BCUT2D eigenvalue weighted by molar-refractivity contribution is 5.80. The summed E-state index contributed by atoms with van der Waals surface area (Å²) < 4.78 is 18.3. The Morgan fingerprint density at radius 1 is 1.40 bits per heavy atom. The molecule has 1 heterocycles. The number of esters is 1. The van der Waals surface area contributed by atoms with Crippen LogP contribution in [-0.4, -0.2) is 37.0 Å². The molecule has 1 aromatic carbocycles. The fourth-order valence-electron chi connectivity index (χ4n) is 2.48. The maximum atomic E-state index is 13.5. The fraction of sp³-hybridized carbons (Fsp3) is 0.467. The SMILES string of the molecule is COC(=O)C1CCCN(C(=O)Cc2ccccc2F)C1. The molecule has 0 aliphatic carbocycles. The quantitative estimate of drug-likeness (QED) is 0.792. The Morgan fingerprint density at radius 3 is 2.85 bits per heavy atom. The van der Waals surface area contributed by atoms with Gasteiger partial charge in [0, 0.05) is 13.1 Å². The van der Waals surface area contributed by atoms with Crippen molar-refractivity contribution in [3.05, 3.63) is 35.6 Å². The van der Waals surface area contributed by atoms with E-state index in [1.54, 1.807) is 23.1 Å². The van der Waals surface area contributed by atoms with Gasteiger partial charge >= 0.3 is 5.97 Å². The van der Waals surface area contributed by atoms with Crippen molar-refractivity contribution >= 4 is 11.9 Å². The minimum atomic E-state index is -0.373. The number of hydrogen-bond donors (Lipinski definition) is 0. The lowest BCUT2D eigenvalue weighted by Gasteiger charge is -2.31. The number of ether oxygens (including phenoxy) is 1. The van der Waals surface area contributed by atoms with Crippen molar-refractivity contribution in [3.8, 4) is 0 Å². The summed E-state index contributed by atoms with van der Waals surface area (Å²) in [6.07, 6.45) is 1.53. The Kier molecular flexibility index (Phi) is 4.71. The Labute approximate surface area is 117 Å². The third-order valence-electron chi connectivity index (χ3n) is 3.61. The molecule has 1 aliphatic heterocycles. The minimum absolute atomic E-state index is 0.0283. The van der Waals surface area contributed by atoms with Gasteiger partial charge in [0.05, 0.1) is 19.4 Å². The number of halogens is 1. The number of carbonyl (C=O) groups excluding carboxylic acids is 2. The first kappa shape index (κ1) is 14.5. The third kappa shape index (κ3) is 3.35. The number of piperidine rings is 1. The van der Waals surface area contributed by atoms with Gasteiger partial charge in [-0.2, -0.15) is 0 Å². The van der Waals surface area contributed by atoms with E-state index in [2.05, 4.69) is 0 Å². The second kappa shape index (κ2) is 6.50. The molecule has 1 unspecified atom stereocenters. The lowest BCUT2D eigenvalue weighted by atomic mass is 9.97. The lowest BCUT2D eigenvalue weighted by molar-refractivity contribution is -0.148. The van der Waals surface area contributed by atoms with Gasteiger partial charge in [-0.1, -0.05) is 18.2 Å². The number of methoxy groups -OCH3 is 1. The molecule has 1 amide bonds. The predicted molar refractivity (Wildman–Crippen MR) is 71.4 cm³/mol. The van der Waals surface area contributed by atoms with Crippen LogP contribution in [0.1, 0.15) is 18.4 Å². The first-order chi connectivity index (χ1) is 9.61. The molecule has 4 nitrogen and oxygen atoms in total. The standard InChI is InChI=1S/C15H18FNO3/c1-20-15(19)12-6-4-8-17(10-12)14(18)9-11-5-2-3-7-13(11)16/h2-3,5,7,12H,4,6,8-10H2,1H3. The highest BCUT2D eigenvalue weighted by Gasteiger charge is 2.29. The maximum Gasteiger partial charge on any atom is 0.310 e. The molecular formula is C15H18FNO3. The van der Waals surface area contributed by atoms with Crippen molar-refractivity contribution in [3.63, 3.8) is 0 Å². The number of likely N-dealkylation sites (tertiary alicyclic amines) is 1. The molecule has 5 heteroatoms. The zero-order chi connectivity index (χ0) is 14.5. The second-order valence-electron chi connectivity index (χ2n) is 4.97. The lowest BCUT2D eigenvalue weighted by Crippen LogP contribution is -2.43. The Morgan fingerprint density at radius 2 is 2.15 bits per heavy atom. The van der Waals surface area contributed by atoms with Crippen LogP contribution in [0.15, 0.2) is 24.3 Å². The van der Waals surface area contributed by atoms with Crippen molar-refractivity contribution < 1.29 is 18.7 Å². The normalized spacial score (nSPS) is 18.7. The zero-order valence-corrected chi connectivity index (χ0v) is 11.5. The van der Waals surface area contributed by atoms with Crippen molar-refractivity contribution in [2.24, 2.45) is 5.92 Å². The van der Waals surface area contributed by atoms with Gasteiger partial charge < -0.3 is 9.64 Å². The van der Waals surface area contributed by atoms with E-state index in [0.29, 0.717) is 18.7 Å². The van der Waals surface area contributed by atoms with Gasteiger partial charge in [-0.05, 0) is 24.5 Å². The van der Waals surface area contributed by atoms with E-state index in [1.165, 1.54) is 13.2 Å². The summed E-state index contributed by atoms with van der Waals surface area (Å²) in [7, 11) is 1.35. The van der Waals surface area contributed by atoms with Crippen LogP contribution in [0, 0.1) is 11.7 Å². The number of nitrogens with zero attached hydrogens (tertiary/aromatic N) is 1. The van der Waals surface area contributed by atoms with Gasteiger partial charge in [-0.3, -0.25) is 9.59 Å². The van der Waals surface area contributed by atoms with Crippen molar-refractivity contribution in [2.75, 3.05) is 20.2 Å². The predicted octanol–water partition coefficient (Wildman–Crippen LogP) is 1.78. The summed E-state index contributed by atoms with van der Waals surface area (Å²) in [4.78, 5) is 25.3. The summed E-state index contributed by atoms with van der Waals surface area (Å²) in [5.41, 5.74) is 0.387. The van der Waals surface area contributed by atoms with Gasteiger partial charge in [0.15, 0.2) is 0 Å². The monoisotopic (exact) mass is 279 g/mol. The molecule has 0 spiro atoms. The highest BCUT2D eigenvalue weighted by Crippen LogP contribution is 2.19. The molecule has 1 saturated heterocycles. The van der Waals surface area contributed by atoms with Crippen LogP contribution in [0.25, 0.3) is 0 Å². The average Bonchev–Trinajstić information content (AvgIpc) is 2.49. The minimum Gasteiger partial charge on any atom is -0.469 e. The summed E-state index contributed by atoms with van der Waals surface area (Å²) in [5, 5.41) is 0. The summed E-state index contributed by atoms with van der Waals surface area (Å²) in [5.74, 6) is -1.07. The topological polar surface area (TPSA) is 46.6 Å². The van der Waals surface area contributed by atoms with Crippen LogP contribution in [0.5, 0.6) is 0 Å². The number of carbonyl (C=O) groups is 2. The molecule has 2 rings (SSSR count).